The number of hydrogen-bond donors (Lipinski definition) is 1. The van der Waals surface area contributed by atoms with Crippen molar-refractivity contribution in [1.82, 2.24) is 5.32 Å². The molecule has 0 spiro atoms. The van der Waals surface area contributed by atoms with Crippen molar-refractivity contribution in [3.8, 4) is 0 Å². The summed E-state index contributed by atoms with van der Waals surface area (Å²) < 4.78 is 32.4. The van der Waals surface area contributed by atoms with E-state index in [9.17, 15) is 8.78 Å². The summed E-state index contributed by atoms with van der Waals surface area (Å²) >= 11 is 0. The van der Waals surface area contributed by atoms with Gasteiger partial charge in [0.15, 0.2) is 0 Å². The van der Waals surface area contributed by atoms with Crippen LogP contribution in [0, 0.1) is 17.0 Å². The Hall–Kier alpha value is -1.00. The van der Waals surface area contributed by atoms with E-state index in [0.717, 1.165) is 19.0 Å². The molecule has 0 heterocycles. The largest absolute Gasteiger partial charge is 0.379 e. The van der Waals surface area contributed by atoms with Crippen LogP contribution in [0.1, 0.15) is 39.7 Å². The molecule has 120 valence electrons. The quantitative estimate of drug-likeness (QED) is 0.823. The fraction of sp³-hybridized carbons (Fsp3) is 0.647. The highest BCUT2D eigenvalue weighted by molar-refractivity contribution is 5.19. The number of halogens is 2. The van der Waals surface area contributed by atoms with Crippen molar-refractivity contribution in [2.75, 3.05) is 13.7 Å². The average molecular weight is 299 g/mol. The first kappa shape index (κ1) is 18.1. The monoisotopic (exact) mass is 299 g/mol. The van der Waals surface area contributed by atoms with E-state index in [1.807, 2.05) is 0 Å². The second-order valence-corrected chi connectivity index (χ2v) is 6.56. The molecule has 21 heavy (non-hydrogen) atoms. The van der Waals surface area contributed by atoms with Crippen LogP contribution in [0.5, 0.6) is 0 Å². The van der Waals surface area contributed by atoms with Crippen LogP contribution in [0.3, 0.4) is 0 Å². The van der Waals surface area contributed by atoms with Crippen molar-refractivity contribution in [2.45, 2.75) is 52.7 Å². The highest BCUT2D eigenvalue weighted by Crippen LogP contribution is 2.26. The molecule has 1 aromatic rings. The molecule has 4 heteroatoms. The Morgan fingerprint density at radius 3 is 2.14 bits per heavy atom. The van der Waals surface area contributed by atoms with Gasteiger partial charge in [-0.1, -0.05) is 27.7 Å². The number of benzene rings is 1. The summed E-state index contributed by atoms with van der Waals surface area (Å²) in [7, 11) is 1.68. The predicted molar refractivity (Wildman–Crippen MR) is 82.4 cm³/mol. The van der Waals surface area contributed by atoms with Gasteiger partial charge in [-0.05, 0) is 42.5 Å². The first-order chi connectivity index (χ1) is 9.77. The lowest BCUT2D eigenvalue weighted by molar-refractivity contribution is -0.0109. The number of ether oxygens (including phenoxy) is 1. The van der Waals surface area contributed by atoms with Crippen molar-refractivity contribution in [1.29, 1.82) is 0 Å². The SMILES string of the molecule is CCCNC(Cc1cc(F)cc(F)c1)C(OC)C(C)(C)C. The van der Waals surface area contributed by atoms with Gasteiger partial charge in [-0.15, -0.1) is 0 Å². The summed E-state index contributed by atoms with van der Waals surface area (Å²) in [4.78, 5) is 0. The molecule has 0 aliphatic heterocycles. The number of hydrogen-bond acceptors (Lipinski definition) is 2. The fourth-order valence-corrected chi connectivity index (χ4v) is 2.72. The molecule has 0 aliphatic carbocycles. The standard InChI is InChI=1S/C17H27F2NO/c1-6-7-20-15(16(21-5)17(2,3)4)10-12-8-13(18)11-14(19)9-12/h8-9,11,15-16,20H,6-7,10H2,1-5H3. The van der Waals surface area contributed by atoms with Gasteiger partial charge in [0.05, 0.1) is 6.10 Å². The molecule has 2 unspecified atom stereocenters. The zero-order valence-corrected chi connectivity index (χ0v) is 13.7. The second kappa shape index (κ2) is 7.85. The summed E-state index contributed by atoms with van der Waals surface area (Å²) in [5, 5.41) is 3.44. The van der Waals surface area contributed by atoms with Crippen molar-refractivity contribution in [2.24, 2.45) is 5.41 Å². The summed E-state index contributed by atoms with van der Waals surface area (Å²) in [6, 6.07) is 3.68. The minimum atomic E-state index is -0.538. The van der Waals surface area contributed by atoms with E-state index in [0.29, 0.717) is 12.0 Å². The number of methoxy groups -OCH3 is 1. The van der Waals surface area contributed by atoms with Gasteiger partial charge in [0.1, 0.15) is 11.6 Å². The molecule has 0 saturated heterocycles. The van der Waals surface area contributed by atoms with Gasteiger partial charge < -0.3 is 10.1 Å². The third kappa shape index (κ3) is 5.71. The van der Waals surface area contributed by atoms with Crippen LogP contribution >= 0.6 is 0 Å². The van der Waals surface area contributed by atoms with E-state index in [1.165, 1.54) is 12.1 Å². The van der Waals surface area contributed by atoms with Crippen LogP contribution in [0.15, 0.2) is 18.2 Å². The van der Waals surface area contributed by atoms with Crippen LogP contribution in [0.4, 0.5) is 8.78 Å². The maximum Gasteiger partial charge on any atom is 0.126 e. The van der Waals surface area contributed by atoms with Gasteiger partial charge in [0.2, 0.25) is 0 Å². The fourth-order valence-electron chi connectivity index (χ4n) is 2.72. The Morgan fingerprint density at radius 2 is 1.71 bits per heavy atom. The van der Waals surface area contributed by atoms with E-state index in [-0.39, 0.29) is 17.6 Å². The smallest absolute Gasteiger partial charge is 0.126 e. The van der Waals surface area contributed by atoms with E-state index >= 15 is 0 Å². The maximum atomic E-state index is 13.4. The normalized spacial score (nSPS) is 15.0. The van der Waals surface area contributed by atoms with Gasteiger partial charge in [-0.3, -0.25) is 0 Å². The molecule has 0 fully saturated rings. The van der Waals surface area contributed by atoms with E-state index in [2.05, 4.69) is 33.0 Å². The molecular weight excluding hydrogens is 272 g/mol. The first-order valence-electron chi connectivity index (χ1n) is 7.49. The third-order valence-corrected chi connectivity index (χ3v) is 3.51. The van der Waals surface area contributed by atoms with E-state index in [4.69, 9.17) is 4.74 Å². The third-order valence-electron chi connectivity index (χ3n) is 3.51. The summed E-state index contributed by atoms with van der Waals surface area (Å²) in [6.07, 6.45) is 1.48. The van der Waals surface area contributed by atoms with E-state index < -0.39 is 11.6 Å². The lowest BCUT2D eigenvalue weighted by Crippen LogP contribution is -2.49. The molecule has 1 rings (SSSR count). The van der Waals surface area contributed by atoms with E-state index in [1.54, 1.807) is 7.11 Å². The molecule has 0 amide bonds. The molecule has 0 aromatic heterocycles. The van der Waals surface area contributed by atoms with Crippen molar-refractivity contribution in [3.63, 3.8) is 0 Å². The van der Waals surface area contributed by atoms with Gasteiger partial charge in [0, 0.05) is 19.2 Å². The Kier molecular flexibility index (Phi) is 6.75. The van der Waals surface area contributed by atoms with Crippen LogP contribution in [-0.4, -0.2) is 25.8 Å². The Labute approximate surface area is 126 Å². The van der Waals surface area contributed by atoms with Crippen LogP contribution in [-0.2, 0) is 11.2 Å². The number of nitrogens with one attached hydrogen (secondary N) is 1. The van der Waals surface area contributed by atoms with Crippen LogP contribution in [0.25, 0.3) is 0 Å². The molecule has 2 nitrogen and oxygen atoms in total. The molecule has 0 bridgehead atoms. The highest BCUT2D eigenvalue weighted by atomic mass is 19.1. The van der Waals surface area contributed by atoms with Crippen LogP contribution < -0.4 is 5.32 Å². The number of rotatable bonds is 7. The molecular formula is C17H27F2NO. The van der Waals surface area contributed by atoms with Gasteiger partial charge in [-0.2, -0.15) is 0 Å². The van der Waals surface area contributed by atoms with Crippen molar-refractivity contribution >= 4 is 0 Å². The van der Waals surface area contributed by atoms with Gasteiger partial charge in [0.25, 0.3) is 0 Å². The second-order valence-electron chi connectivity index (χ2n) is 6.56. The first-order valence-corrected chi connectivity index (χ1v) is 7.49. The predicted octanol–water partition coefficient (Wildman–Crippen LogP) is 3.94. The lowest BCUT2D eigenvalue weighted by Gasteiger charge is -2.36. The Balaban J connectivity index is 2.96. The minimum absolute atomic E-state index is 0.0103. The summed E-state index contributed by atoms with van der Waals surface area (Å²) in [5.74, 6) is -1.08. The molecule has 1 N–H and O–H groups in total. The highest BCUT2D eigenvalue weighted by Gasteiger charge is 2.32. The van der Waals surface area contributed by atoms with Gasteiger partial charge in [-0.25, -0.2) is 8.78 Å². The van der Waals surface area contributed by atoms with Crippen LogP contribution in [0.2, 0.25) is 0 Å². The maximum absolute atomic E-state index is 13.4. The topological polar surface area (TPSA) is 21.3 Å². The van der Waals surface area contributed by atoms with Crippen molar-refractivity contribution in [3.05, 3.63) is 35.4 Å². The molecule has 0 saturated carbocycles. The Bertz CT molecular complexity index is 423. The Morgan fingerprint density at radius 1 is 1.14 bits per heavy atom. The summed E-state index contributed by atoms with van der Waals surface area (Å²) in [6.45, 7) is 9.25. The minimum Gasteiger partial charge on any atom is -0.379 e. The average Bonchev–Trinajstić information content (AvgIpc) is 2.33. The zero-order valence-electron chi connectivity index (χ0n) is 13.7. The molecule has 0 radical (unpaired) electrons. The zero-order chi connectivity index (χ0) is 16.0. The molecule has 1 aromatic carbocycles. The summed E-state index contributed by atoms with van der Waals surface area (Å²) in [5.41, 5.74) is 0.582. The molecule has 0 aliphatic rings. The lowest BCUT2D eigenvalue weighted by atomic mass is 9.82. The van der Waals surface area contributed by atoms with Gasteiger partial charge >= 0.3 is 0 Å². The molecule has 2 atom stereocenters. The van der Waals surface area contributed by atoms with Crippen molar-refractivity contribution < 1.29 is 13.5 Å².